The van der Waals surface area contributed by atoms with Crippen molar-refractivity contribution in [3.8, 4) is 16.9 Å². The van der Waals surface area contributed by atoms with Crippen LogP contribution in [0.3, 0.4) is 0 Å². The number of para-hydroxylation sites is 1. The Morgan fingerprint density at radius 2 is 1.56 bits per heavy atom. The topological polar surface area (TPSA) is 16.3 Å². The van der Waals surface area contributed by atoms with Crippen molar-refractivity contribution in [2.75, 3.05) is 31.1 Å². The maximum Gasteiger partial charge on any atom is 0.186 e. The van der Waals surface area contributed by atoms with Crippen LogP contribution in [0.1, 0.15) is 5.56 Å². The zero-order chi connectivity index (χ0) is 23.7. The molecule has 0 radical (unpaired) electrons. The van der Waals surface area contributed by atoms with Gasteiger partial charge in [-0.25, -0.2) is 4.39 Å². The highest BCUT2D eigenvalue weighted by atomic mass is 35.5. The molecule has 0 N–H and O–H groups in total. The van der Waals surface area contributed by atoms with Gasteiger partial charge in [0.25, 0.3) is 0 Å². The van der Waals surface area contributed by atoms with Gasteiger partial charge in [0.15, 0.2) is 4.77 Å². The number of aromatic nitrogens is 2. The zero-order valence-corrected chi connectivity index (χ0v) is 20.6. The molecule has 34 heavy (non-hydrogen) atoms. The molecule has 7 heteroatoms. The Morgan fingerprint density at radius 3 is 2.24 bits per heavy atom. The van der Waals surface area contributed by atoms with Crippen molar-refractivity contribution in [2.24, 2.45) is 0 Å². The van der Waals surface area contributed by atoms with E-state index in [1.54, 1.807) is 0 Å². The van der Waals surface area contributed by atoms with Crippen molar-refractivity contribution in [3.05, 3.63) is 100 Å². The first-order valence-corrected chi connectivity index (χ1v) is 12.2. The summed E-state index contributed by atoms with van der Waals surface area (Å²) in [6.07, 6.45) is 2.14. The number of rotatable bonds is 5. The molecule has 1 aromatic heterocycles. The summed E-state index contributed by atoms with van der Waals surface area (Å²) in [5.41, 5.74) is 5.42. The molecule has 0 atom stereocenters. The summed E-state index contributed by atoms with van der Waals surface area (Å²) in [4.78, 5) is 4.70. The number of benzene rings is 3. The minimum absolute atomic E-state index is 0.202. The van der Waals surface area contributed by atoms with Crippen LogP contribution in [0.25, 0.3) is 16.9 Å². The van der Waals surface area contributed by atoms with E-state index in [4.69, 9.17) is 23.8 Å². The number of hydrogen-bond acceptors (Lipinski definition) is 3. The van der Waals surface area contributed by atoms with Gasteiger partial charge in [0, 0.05) is 48.6 Å². The Hall–Kier alpha value is -2.93. The number of hydrogen-bond donors (Lipinski definition) is 0. The maximum absolute atomic E-state index is 13.3. The monoisotopic (exact) mass is 492 g/mol. The molecule has 4 nitrogen and oxygen atoms in total. The van der Waals surface area contributed by atoms with Gasteiger partial charge in [-0.15, -0.1) is 0 Å². The number of imidazole rings is 1. The van der Waals surface area contributed by atoms with Gasteiger partial charge < -0.3 is 9.47 Å². The van der Waals surface area contributed by atoms with Gasteiger partial charge in [0.1, 0.15) is 5.82 Å². The van der Waals surface area contributed by atoms with Crippen LogP contribution in [-0.2, 0) is 6.67 Å². The smallest absolute Gasteiger partial charge is 0.186 e. The molecule has 1 fully saturated rings. The predicted molar refractivity (Wildman–Crippen MR) is 140 cm³/mol. The van der Waals surface area contributed by atoms with Crippen LogP contribution in [0.4, 0.5) is 10.1 Å². The average Bonchev–Trinajstić information content (AvgIpc) is 3.16. The van der Waals surface area contributed by atoms with Gasteiger partial charge in [-0.05, 0) is 67.2 Å². The molecule has 5 rings (SSSR count). The van der Waals surface area contributed by atoms with Crippen molar-refractivity contribution in [2.45, 2.75) is 13.6 Å². The Balaban J connectivity index is 1.42. The highest BCUT2D eigenvalue weighted by Crippen LogP contribution is 2.28. The Labute approximate surface area is 209 Å². The lowest BCUT2D eigenvalue weighted by Crippen LogP contribution is -2.46. The van der Waals surface area contributed by atoms with Crippen LogP contribution >= 0.6 is 23.8 Å². The summed E-state index contributed by atoms with van der Waals surface area (Å²) in [7, 11) is 0. The van der Waals surface area contributed by atoms with Crippen LogP contribution < -0.4 is 4.90 Å². The Kier molecular flexibility index (Phi) is 6.55. The van der Waals surface area contributed by atoms with Crippen molar-refractivity contribution < 1.29 is 4.39 Å². The van der Waals surface area contributed by atoms with E-state index in [2.05, 4.69) is 44.2 Å². The first kappa shape index (κ1) is 22.8. The van der Waals surface area contributed by atoms with Crippen LogP contribution in [0, 0.1) is 17.5 Å². The molecule has 0 unspecified atom stereocenters. The second-order valence-corrected chi connectivity index (χ2v) is 9.42. The third kappa shape index (κ3) is 4.67. The first-order chi connectivity index (χ1) is 16.5. The number of nitrogens with zero attached hydrogens (tertiary/aromatic N) is 4. The number of piperazine rings is 1. The quantitative estimate of drug-likeness (QED) is 0.294. The number of anilines is 1. The number of aryl methyl sites for hydroxylation is 1. The van der Waals surface area contributed by atoms with Crippen molar-refractivity contribution in [1.29, 1.82) is 0 Å². The van der Waals surface area contributed by atoms with Gasteiger partial charge in [0.05, 0.1) is 18.1 Å². The lowest BCUT2D eigenvalue weighted by molar-refractivity contribution is 0.204. The minimum atomic E-state index is -0.202. The molecule has 0 spiro atoms. The lowest BCUT2D eigenvalue weighted by atomic mass is 10.1. The number of halogens is 2. The molecule has 4 aromatic rings. The van der Waals surface area contributed by atoms with E-state index < -0.39 is 0 Å². The van der Waals surface area contributed by atoms with Gasteiger partial charge in [-0.2, -0.15) is 0 Å². The molecular weight excluding hydrogens is 467 g/mol. The predicted octanol–water partition coefficient (Wildman–Crippen LogP) is 6.56. The summed E-state index contributed by atoms with van der Waals surface area (Å²) in [6.45, 7) is 6.42. The zero-order valence-electron chi connectivity index (χ0n) is 19.0. The molecule has 0 amide bonds. The summed E-state index contributed by atoms with van der Waals surface area (Å²) in [5.74, 6) is -0.202. The van der Waals surface area contributed by atoms with Crippen molar-refractivity contribution in [3.63, 3.8) is 0 Å². The first-order valence-electron chi connectivity index (χ1n) is 11.4. The molecule has 2 heterocycles. The Bertz CT molecular complexity index is 1340. The molecule has 174 valence electrons. The van der Waals surface area contributed by atoms with E-state index >= 15 is 0 Å². The van der Waals surface area contributed by atoms with E-state index in [9.17, 15) is 4.39 Å². The van der Waals surface area contributed by atoms with Gasteiger partial charge >= 0.3 is 0 Å². The highest BCUT2D eigenvalue weighted by molar-refractivity contribution is 7.71. The van der Waals surface area contributed by atoms with Crippen molar-refractivity contribution >= 4 is 29.5 Å². The minimum Gasteiger partial charge on any atom is -0.369 e. The molecule has 0 aliphatic carbocycles. The molecule has 1 aliphatic heterocycles. The third-order valence-corrected chi connectivity index (χ3v) is 7.04. The third-order valence-electron chi connectivity index (χ3n) is 6.37. The summed E-state index contributed by atoms with van der Waals surface area (Å²) in [5, 5.41) is 0.711. The normalized spacial score (nSPS) is 14.5. The molecule has 1 aliphatic rings. The molecule has 3 aromatic carbocycles. The second-order valence-electron chi connectivity index (χ2n) is 8.62. The Morgan fingerprint density at radius 1 is 0.882 bits per heavy atom. The average molecular weight is 493 g/mol. The van der Waals surface area contributed by atoms with Crippen LogP contribution in [-0.4, -0.2) is 40.2 Å². The van der Waals surface area contributed by atoms with E-state index in [0.717, 1.165) is 60.3 Å². The maximum atomic E-state index is 13.3. The molecular formula is C27H26ClFN4S. The van der Waals surface area contributed by atoms with Crippen LogP contribution in [0.5, 0.6) is 0 Å². The largest absolute Gasteiger partial charge is 0.369 e. The fourth-order valence-corrected chi connectivity index (χ4v) is 4.91. The standard InChI is InChI=1S/C27H26ClFN4S/c1-20-4-2-3-5-25(20)33-26(21-6-8-22(28)9-7-21)18-32(27(33)34)19-30-14-16-31(17-15-30)24-12-10-23(29)11-13-24/h2-13,18H,14-17,19H2,1H3. The van der Waals surface area contributed by atoms with Crippen LogP contribution in [0.15, 0.2) is 79.0 Å². The van der Waals surface area contributed by atoms with Crippen molar-refractivity contribution in [1.82, 2.24) is 14.0 Å². The van der Waals surface area contributed by atoms with Gasteiger partial charge in [0.2, 0.25) is 0 Å². The SMILES string of the molecule is Cc1ccccc1-n1c(-c2ccc(Cl)cc2)cn(CN2CCN(c3ccc(F)cc3)CC2)c1=S. The fraction of sp³-hybridized carbons (Fsp3) is 0.222. The van der Waals surface area contributed by atoms with E-state index in [0.29, 0.717) is 5.02 Å². The summed E-state index contributed by atoms with van der Waals surface area (Å²) >= 11 is 12.1. The molecule has 0 saturated carbocycles. The second kappa shape index (κ2) is 9.74. The van der Waals surface area contributed by atoms with Crippen LogP contribution in [0.2, 0.25) is 5.02 Å². The lowest BCUT2D eigenvalue weighted by Gasteiger charge is -2.36. The summed E-state index contributed by atoms with van der Waals surface area (Å²) < 4.78 is 18.3. The van der Waals surface area contributed by atoms with Gasteiger partial charge in [-0.1, -0.05) is 41.9 Å². The molecule has 0 bridgehead atoms. The van der Waals surface area contributed by atoms with E-state index in [1.807, 2.05) is 48.5 Å². The van der Waals surface area contributed by atoms with E-state index in [1.165, 1.54) is 17.7 Å². The summed E-state index contributed by atoms with van der Waals surface area (Å²) in [6, 6.07) is 22.9. The molecule has 1 saturated heterocycles. The van der Waals surface area contributed by atoms with E-state index in [-0.39, 0.29) is 5.82 Å². The van der Waals surface area contributed by atoms with Gasteiger partial charge in [-0.3, -0.25) is 9.47 Å². The fourth-order valence-electron chi connectivity index (χ4n) is 4.48. The highest BCUT2D eigenvalue weighted by Gasteiger charge is 2.20.